The third-order valence-electron chi connectivity index (χ3n) is 2.23. The SMILES string of the molecule is COc1cc(C)cc2sc(CCN)nc12. The number of hydrogen-bond acceptors (Lipinski definition) is 4. The smallest absolute Gasteiger partial charge is 0.146 e. The molecule has 2 N–H and O–H groups in total. The van der Waals surface area contributed by atoms with Crippen LogP contribution < -0.4 is 10.5 Å². The van der Waals surface area contributed by atoms with Gasteiger partial charge in [-0.2, -0.15) is 0 Å². The van der Waals surface area contributed by atoms with E-state index < -0.39 is 0 Å². The second kappa shape index (κ2) is 4.16. The number of aromatic nitrogens is 1. The highest BCUT2D eigenvalue weighted by molar-refractivity contribution is 7.18. The molecule has 0 amide bonds. The third kappa shape index (κ3) is 1.96. The maximum atomic E-state index is 5.52. The second-order valence-electron chi connectivity index (χ2n) is 3.46. The van der Waals surface area contributed by atoms with Crippen LogP contribution in [-0.2, 0) is 6.42 Å². The Labute approximate surface area is 92.9 Å². The number of aryl methyl sites for hydroxylation is 1. The molecule has 0 bridgehead atoms. The molecule has 0 fully saturated rings. The van der Waals surface area contributed by atoms with Crippen molar-refractivity contribution in [2.75, 3.05) is 13.7 Å². The molecule has 1 aromatic carbocycles. The van der Waals surface area contributed by atoms with Gasteiger partial charge in [0.25, 0.3) is 0 Å². The van der Waals surface area contributed by atoms with Crippen molar-refractivity contribution in [2.45, 2.75) is 13.3 Å². The molecule has 80 valence electrons. The van der Waals surface area contributed by atoms with Gasteiger partial charge in [0.15, 0.2) is 0 Å². The molecule has 0 saturated heterocycles. The molecule has 0 saturated carbocycles. The summed E-state index contributed by atoms with van der Waals surface area (Å²) < 4.78 is 6.49. The fourth-order valence-electron chi connectivity index (χ4n) is 1.56. The van der Waals surface area contributed by atoms with Gasteiger partial charge in [0.2, 0.25) is 0 Å². The summed E-state index contributed by atoms with van der Waals surface area (Å²) in [4.78, 5) is 4.53. The molecule has 0 atom stereocenters. The fourth-order valence-corrected chi connectivity index (χ4v) is 2.66. The molecular formula is C11H14N2OS. The number of nitrogens with two attached hydrogens (primary N) is 1. The Morgan fingerprint density at radius 1 is 1.47 bits per heavy atom. The zero-order valence-electron chi connectivity index (χ0n) is 8.91. The van der Waals surface area contributed by atoms with Crippen LogP contribution in [0.15, 0.2) is 12.1 Å². The lowest BCUT2D eigenvalue weighted by Gasteiger charge is -2.01. The Balaban J connectivity index is 2.58. The molecule has 0 aliphatic heterocycles. The lowest BCUT2D eigenvalue weighted by Crippen LogP contribution is -2.01. The van der Waals surface area contributed by atoms with E-state index in [0.717, 1.165) is 22.7 Å². The van der Waals surface area contributed by atoms with Crippen LogP contribution >= 0.6 is 11.3 Å². The average molecular weight is 222 g/mol. The minimum absolute atomic E-state index is 0.640. The maximum Gasteiger partial charge on any atom is 0.146 e. The van der Waals surface area contributed by atoms with Gasteiger partial charge in [-0.3, -0.25) is 0 Å². The molecule has 0 spiro atoms. The Kier molecular flexibility index (Phi) is 2.88. The normalized spacial score (nSPS) is 10.9. The number of rotatable bonds is 3. The van der Waals surface area contributed by atoms with Crippen LogP contribution in [0.4, 0.5) is 0 Å². The van der Waals surface area contributed by atoms with Crippen LogP contribution in [0.2, 0.25) is 0 Å². The number of ether oxygens (including phenoxy) is 1. The number of thiazole rings is 1. The molecule has 0 aliphatic carbocycles. The van der Waals surface area contributed by atoms with E-state index in [1.807, 2.05) is 6.07 Å². The van der Waals surface area contributed by atoms with Crippen molar-refractivity contribution >= 4 is 21.6 Å². The van der Waals surface area contributed by atoms with Gasteiger partial charge in [-0.1, -0.05) is 0 Å². The van der Waals surface area contributed by atoms with E-state index in [0.29, 0.717) is 6.54 Å². The first-order valence-corrected chi connectivity index (χ1v) is 5.70. The van der Waals surface area contributed by atoms with E-state index in [2.05, 4.69) is 18.0 Å². The Morgan fingerprint density at radius 2 is 2.27 bits per heavy atom. The van der Waals surface area contributed by atoms with E-state index >= 15 is 0 Å². The lowest BCUT2D eigenvalue weighted by atomic mass is 10.2. The van der Waals surface area contributed by atoms with Crippen molar-refractivity contribution in [3.63, 3.8) is 0 Å². The monoisotopic (exact) mass is 222 g/mol. The molecule has 4 heteroatoms. The molecule has 0 aliphatic rings. The van der Waals surface area contributed by atoms with E-state index in [9.17, 15) is 0 Å². The molecule has 1 heterocycles. The van der Waals surface area contributed by atoms with Gasteiger partial charge in [-0.25, -0.2) is 4.98 Å². The third-order valence-corrected chi connectivity index (χ3v) is 3.29. The largest absolute Gasteiger partial charge is 0.494 e. The van der Waals surface area contributed by atoms with E-state index in [1.165, 1.54) is 10.3 Å². The molecule has 1 aromatic heterocycles. The number of fused-ring (bicyclic) bond motifs is 1. The van der Waals surface area contributed by atoms with Crippen molar-refractivity contribution in [1.29, 1.82) is 0 Å². The summed E-state index contributed by atoms with van der Waals surface area (Å²) in [6.45, 7) is 2.70. The molecule has 3 nitrogen and oxygen atoms in total. The first-order chi connectivity index (χ1) is 7.24. The summed E-state index contributed by atoms with van der Waals surface area (Å²) in [5.41, 5.74) is 7.67. The first-order valence-electron chi connectivity index (χ1n) is 4.88. The predicted octanol–water partition coefficient (Wildman–Crippen LogP) is 2.11. The summed E-state index contributed by atoms with van der Waals surface area (Å²) in [5.74, 6) is 0.851. The van der Waals surface area contributed by atoms with Crippen molar-refractivity contribution < 1.29 is 4.74 Å². The van der Waals surface area contributed by atoms with Crippen LogP contribution in [0.5, 0.6) is 5.75 Å². The van der Waals surface area contributed by atoms with Crippen molar-refractivity contribution in [3.8, 4) is 5.75 Å². The summed E-state index contributed by atoms with van der Waals surface area (Å²) in [6.07, 6.45) is 0.835. The van der Waals surface area contributed by atoms with Gasteiger partial charge in [0, 0.05) is 6.42 Å². The van der Waals surface area contributed by atoms with Gasteiger partial charge in [-0.15, -0.1) is 11.3 Å². The van der Waals surface area contributed by atoms with E-state index in [-0.39, 0.29) is 0 Å². The topological polar surface area (TPSA) is 48.1 Å². The Bertz CT molecular complexity index is 479. The number of hydrogen-bond donors (Lipinski definition) is 1. The van der Waals surface area contributed by atoms with Gasteiger partial charge < -0.3 is 10.5 Å². The van der Waals surface area contributed by atoms with E-state index in [4.69, 9.17) is 10.5 Å². The first kappa shape index (κ1) is 10.4. The number of methoxy groups -OCH3 is 1. The van der Waals surface area contributed by atoms with Crippen LogP contribution in [0.25, 0.3) is 10.2 Å². The highest BCUT2D eigenvalue weighted by Gasteiger charge is 2.08. The van der Waals surface area contributed by atoms with Crippen LogP contribution in [0.1, 0.15) is 10.6 Å². The summed E-state index contributed by atoms with van der Waals surface area (Å²) in [7, 11) is 1.68. The van der Waals surface area contributed by atoms with Crippen molar-refractivity contribution in [3.05, 3.63) is 22.7 Å². The van der Waals surface area contributed by atoms with Crippen LogP contribution in [0.3, 0.4) is 0 Å². The van der Waals surface area contributed by atoms with Crippen LogP contribution in [0, 0.1) is 6.92 Å². The van der Waals surface area contributed by atoms with Gasteiger partial charge in [0.05, 0.1) is 16.8 Å². The zero-order chi connectivity index (χ0) is 10.8. The molecular weight excluding hydrogens is 208 g/mol. The minimum Gasteiger partial charge on any atom is -0.494 e. The molecule has 15 heavy (non-hydrogen) atoms. The summed E-state index contributed by atoms with van der Waals surface area (Å²) >= 11 is 1.69. The maximum absolute atomic E-state index is 5.52. The van der Waals surface area contributed by atoms with Crippen LogP contribution in [-0.4, -0.2) is 18.6 Å². The van der Waals surface area contributed by atoms with Gasteiger partial charge in [0.1, 0.15) is 11.3 Å². The Hall–Kier alpha value is -1.13. The molecule has 2 aromatic rings. The zero-order valence-corrected chi connectivity index (χ0v) is 9.73. The Morgan fingerprint density at radius 3 is 2.93 bits per heavy atom. The van der Waals surface area contributed by atoms with E-state index in [1.54, 1.807) is 18.4 Å². The highest BCUT2D eigenvalue weighted by Crippen LogP contribution is 2.31. The van der Waals surface area contributed by atoms with Gasteiger partial charge >= 0.3 is 0 Å². The van der Waals surface area contributed by atoms with Crippen molar-refractivity contribution in [1.82, 2.24) is 4.98 Å². The number of nitrogens with zero attached hydrogens (tertiary/aromatic N) is 1. The quantitative estimate of drug-likeness (QED) is 0.865. The summed E-state index contributed by atoms with van der Waals surface area (Å²) in [6, 6.07) is 4.14. The fraction of sp³-hybridized carbons (Fsp3) is 0.364. The minimum atomic E-state index is 0.640. The van der Waals surface area contributed by atoms with Crippen molar-refractivity contribution in [2.24, 2.45) is 5.73 Å². The average Bonchev–Trinajstić information content (AvgIpc) is 2.59. The second-order valence-corrected chi connectivity index (χ2v) is 4.58. The standard InChI is InChI=1S/C11H14N2OS/c1-7-5-8(14-2)11-9(6-7)15-10(13-11)3-4-12/h5-6H,3-4,12H2,1-2H3. The molecule has 2 rings (SSSR count). The lowest BCUT2D eigenvalue weighted by molar-refractivity contribution is 0.418. The summed E-state index contributed by atoms with van der Waals surface area (Å²) in [5, 5.41) is 1.08. The highest BCUT2D eigenvalue weighted by atomic mass is 32.1. The van der Waals surface area contributed by atoms with Gasteiger partial charge in [-0.05, 0) is 31.2 Å². The predicted molar refractivity (Wildman–Crippen MR) is 63.7 cm³/mol. The molecule has 0 unspecified atom stereocenters. The number of benzene rings is 1. The molecule has 0 radical (unpaired) electrons.